The van der Waals surface area contributed by atoms with E-state index >= 15 is 0 Å². The molecule has 0 heterocycles. The highest BCUT2D eigenvalue weighted by Gasteiger charge is 2.31. The van der Waals surface area contributed by atoms with Gasteiger partial charge in [0.05, 0.1) is 5.75 Å². The second-order valence-corrected chi connectivity index (χ2v) is 7.31. The molecule has 140 valence electrons. The molecule has 0 aromatic heterocycles. The van der Waals surface area contributed by atoms with E-state index in [4.69, 9.17) is 0 Å². The van der Waals surface area contributed by atoms with Crippen LogP contribution in [0.1, 0.15) is 5.56 Å². The second kappa shape index (κ2) is 7.73. The van der Waals surface area contributed by atoms with Crippen molar-refractivity contribution < 1.29 is 35.5 Å². The average Bonchev–Trinajstić information content (AvgIpc) is 2.49. The zero-order valence-corrected chi connectivity index (χ0v) is 13.9. The van der Waals surface area contributed by atoms with Crippen LogP contribution in [0.25, 0.3) is 0 Å². The van der Waals surface area contributed by atoms with Crippen LogP contribution in [0.15, 0.2) is 48.5 Å². The number of alkyl halides is 3. The summed E-state index contributed by atoms with van der Waals surface area (Å²) < 4.78 is 77.3. The summed E-state index contributed by atoms with van der Waals surface area (Å²) in [5.41, 5.74) is 0.0274. The number of amides is 1. The number of anilines is 1. The van der Waals surface area contributed by atoms with Crippen LogP contribution in [0.3, 0.4) is 0 Å². The second-order valence-electron chi connectivity index (χ2n) is 5.24. The lowest BCUT2D eigenvalue weighted by molar-refractivity contribution is -0.274. The Kier molecular flexibility index (Phi) is 5.86. The minimum atomic E-state index is -4.84. The lowest BCUT2D eigenvalue weighted by Crippen LogP contribution is -2.24. The fraction of sp³-hybridized carbons (Fsp3) is 0.188. The molecule has 0 aliphatic rings. The summed E-state index contributed by atoms with van der Waals surface area (Å²) in [6.07, 6.45) is -4.84. The molecule has 0 unspecified atom stereocenters. The van der Waals surface area contributed by atoms with Crippen molar-refractivity contribution in [3.8, 4) is 5.75 Å². The van der Waals surface area contributed by atoms with E-state index in [2.05, 4.69) is 10.1 Å². The Morgan fingerprint density at radius 1 is 1.04 bits per heavy atom. The van der Waals surface area contributed by atoms with Crippen LogP contribution in [0.2, 0.25) is 0 Å². The highest BCUT2D eigenvalue weighted by atomic mass is 32.2. The zero-order valence-electron chi connectivity index (χ0n) is 13.1. The lowest BCUT2D eigenvalue weighted by Gasteiger charge is -2.10. The molecular formula is C16H13F4NO4S. The number of rotatable bonds is 6. The van der Waals surface area contributed by atoms with E-state index in [9.17, 15) is 30.8 Å². The van der Waals surface area contributed by atoms with Gasteiger partial charge in [0.2, 0.25) is 5.91 Å². The van der Waals surface area contributed by atoms with Crippen molar-refractivity contribution in [1.82, 2.24) is 0 Å². The van der Waals surface area contributed by atoms with Crippen LogP contribution in [0, 0.1) is 5.82 Å². The molecule has 5 nitrogen and oxygen atoms in total. The van der Waals surface area contributed by atoms with Gasteiger partial charge in [-0.1, -0.05) is 18.2 Å². The third kappa shape index (κ3) is 6.36. The predicted octanol–water partition coefficient (Wildman–Crippen LogP) is 3.28. The first-order chi connectivity index (χ1) is 12.0. The Morgan fingerprint density at radius 3 is 2.23 bits per heavy atom. The molecule has 10 heteroatoms. The number of hydrogen-bond acceptors (Lipinski definition) is 4. The zero-order chi connectivity index (χ0) is 19.4. The van der Waals surface area contributed by atoms with Gasteiger partial charge in [-0.05, 0) is 30.3 Å². The highest BCUT2D eigenvalue weighted by molar-refractivity contribution is 7.91. The van der Waals surface area contributed by atoms with Crippen molar-refractivity contribution in [1.29, 1.82) is 0 Å². The molecule has 1 N–H and O–H groups in total. The Morgan fingerprint density at radius 2 is 1.65 bits per heavy atom. The van der Waals surface area contributed by atoms with E-state index < -0.39 is 45.2 Å². The molecule has 1 amide bonds. The van der Waals surface area contributed by atoms with Crippen LogP contribution >= 0.6 is 0 Å². The maximum Gasteiger partial charge on any atom is 0.573 e. The maximum atomic E-state index is 13.5. The largest absolute Gasteiger partial charge is 0.573 e. The van der Waals surface area contributed by atoms with E-state index in [0.717, 1.165) is 30.3 Å². The minimum Gasteiger partial charge on any atom is -0.406 e. The molecule has 26 heavy (non-hydrogen) atoms. The Bertz CT molecular complexity index is 880. The van der Waals surface area contributed by atoms with Gasteiger partial charge in [-0.2, -0.15) is 0 Å². The van der Waals surface area contributed by atoms with Gasteiger partial charge in [0.1, 0.15) is 17.3 Å². The van der Waals surface area contributed by atoms with Gasteiger partial charge in [-0.15, -0.1) is 13.2 Å². The number of halogens is 4. The Balaban J connectivity index is 1.96. The Hall–Kier alpha value is -2.62. The van der Waals surface area contributed by atoms with E-state index in [1.54, 1.807) is 0 Å². The van der Waals surface area contributed by atoms with Gasteiger partial charge in [-0.25, -0.2) is 12.8 Å². The van der Waals surface area contributed by atoms with Gasteiger partial charge in [0.25, 0.3) is 0 Å². The smallest absolute Gasteiger partial charge is 0.406 e. The van der Waals surface area contributed by atoms with E-state index in [0.29, 0.717) is 0 Å². The summed E-state index contributed by atoms with van der Waals surface area (Å²) >= 11 is 0. The summed E-state index contributed by atoms with van der Waals surface area (Å²) in [4.78, 5) is 11.8. The van der Waals surface area contributed by atoms with Crippen molar-refractivity contribution in [3.63, 3.8) is 0 Å². The molecule has 0 atom stereocenters. The number of carbonyl (C=O) groups excluding carboxylic acids is 1. The monoisotopic (exact) mass is 391 g/mol. The predicted molar refractivity (Wildman–Crippen MR) is 85.6 cm³/mol. The third-order valence-electron chi connectivity index (χ3n) is 3.06. The number of sulfone groups is 1. The molecule has 0 bridgehead atoms. The van der Waals surface area contributed by atoms with Crippen LogP contribution in [-0.2, 0) is 20.4 Å². The van der Waals surface area contributed by atoms with Gasteiger partial charge in [0, 0.05) is 11.3 Å². The average molecular weight is 391 g/mol. The first-order valence-electron chi connectivity index (χ1n) is 7.13. The number of hydrogen-bond donors (Lipinski definition) is 1. The minimum absolute atomic E-state index is 0.0612. The SMILES string of the molecule is O=C(CS(=O)(=O)Cc1ccccc1F)Nc1ccc(OC(F)(F)F)cc1. The van der Waals surface area contributed by atoms with Crippen LogP contribution in [-0.4, -0.2) is 26.4 Å². The standard InChI is InChI=1S/C16H13F4NO4S/c17-14-4-2-1-3-11(14)9-26(23,24)10-15(22)21-12-5-7-13(8-6-12)25-16(18,19)20/h1-8H,9-10H2,(H,21,22). The van der Waals surface area contributed by atoms with Gasteiger partial charge in [0.15, 0.2) is 9.84 Å². The first kappa shape index (κ1) is 19.7. The van der Waals surface area contributed by atoms with Crippen molar-refractivity contribution in [3.05, 3.63) is 59.9 Å². The molecule has 0 saturated carbocycles. The number of nitrogens with one attached hydrogen (secondary N) is 1. The molecule has 2 aromatic carbocycles. The molecule has 0 aliphatic heterocycles. The third-order valence-corrected chi connectivity index (χ3v) is 4.51. The fourth-order valence-electron chi connectivity index (χ4n) is 2.04. The van der Waals surface area contributed by atoms with E-state index in [1.807, 2.05) is 0 Å². The van der Waals surface area contributed by atoms with Crippen molar-refractivity contribution in [2.24, 2.45) is 0 Å². The lowest BCUT2D eigenvalue weighted by atomic mass is 10.2. The van der Waals surface area contributed by atoms with Gasteiger partial charge >= 0.3 is 6.36 Å². The molecule has 0 radical (unpaired) electrons. The van der Waals surface area contributed by atoms with Crippen LogP contribution < -0.4 is 10.1 Å². The summed E-state index contributed by atoms with van der Waals surface area (Å²) in [7, 11) is -3.93. The number of carbonyl (C=O) groups is 1. The van der Waals surface area contributed by atoms with Gasteiger partial charge < -0.3 is 10.1 Å². The van der Waals surface area contributed by atoms with Crippen LogP contribution in [0.5, 0.6) is 5.75 Å². The molecule has 0 spiro atoms. The molecular weight excluding hydrogens is 378 g/mol. The summed E-state index contributed by atoms with van der Waals surface area (Å²) in [6, 6.07) is 9.47. The summed E-state index contributed by atoms with van der Waals surface area (Å²) in [5, 5.41) is 2.24. The first-order valence-corrected chi connectivity index (χ1v) is 8.96. The van der Waals surface area contributed by atoms with Gasteiger partial charge in [-0.3, -0.25) is 4.79 Å². The van der Waals surface area contributed by atoms with Crippen LogP contribution in [0.4, 0.5) is 23.2 Å². The molecule has 0 saturated heterocycles. The molecule has 2 rings (SSSR count). The fourth-order valence-corrected chi connectivity index (χ4v) is 3.32. The van der Waals surface area contributed by atoms with Crippen molar-refractivity contribution in [2.45, 2.75) is 12.1 Å². The van der Waals surface area contributed by atoms with Crippen molar-refractivity contribution in [2.75, 3.05) is 11.1 Å². The van der Waals surface area contributed by atoms with Crippen molar-refractivity contribution >= 4 is 21.4 Å². The quantitative estimate of drug-likeness (QED) is 0.767. The maximum absolute atomic E-state index is 13.5. The molecule has 0 aliphatic carbocycles. The highest BCUT2D eigenvalue weighted by Crippen LogP contribution is 2.24. The molecule has 0 fully saturated rings. The summed E-state index contributed by atoms with van der Waals surface area (Å²) in [5.74, 6) is -3.63. The number of ether oxygens (including phenoxy) is 1. The van der Waals surface area contributed by atoms with E-state index in [1.165, 1.54) is 18.2 Å². The normalized spacial score (nSPS) is 11.8. The summed E-state index contributed by atoms with van der Waals surface area (Å²) in [6.45, 7) is 0. The topological polar surface area (TPSA) is 72.5 Å². The number of benzene rings is 2. The molecule has 2 aromatic rings. The Labute approximate surface area is 146 Å². The van der Waals surface area contributed by atoms with E-state index in [-0.39, 0.29) is 11.3 Å².